The maximum Gasteiger partial charge on any atom is 0.321 e. The van der Waals surface area contributed by atoms with Gasteiger partial charge in [0, 0.05) is 30.7 Å². The quantitative estimate of drug-likeness (QED) is 0.623. The number of halogens is 1. The molecule has 0 bridgehead atoms. The topological polar surface area (TPSA) is 78.5 Å². The van der Waals surface area contributed by atoms with Gasteiger partial charge in [0.25, 0.3) is 0 Å². The molecule has 1 heterocycles. The summed E-state index contributed by atoms with van der Waals surface area (Å²) in [4.78, 5) is 14.4. The van der Waals surface area contributed by atoms with Crippen LogP contribution in [-0.2, 0) is 10.0 Å². The van der Waals surface area contributed by atoms with Gasteiger partial charge < -0.3 is 10.2 Å². The highest BCUT2D eigenvalue weighted by atomic mass is 32.2. The number of nitrogens with one attached hydrogen (secondary N) is 2. The van der Waals surface area contributed by atoms with Gasteiger partial charge in [0.05, 0.1) is 4.90 Å². The van der Waals surface area contributed by atoms with Crippen molar-refractivity contribution in [3.05, 3.63) is 72.5 Å². The lowest BCUT2D eigenvalue weighted by Gasteiger charge is -2.32. The summed E-state index contributed by atoms with van der Waals surface area (Å²) in [6, 6.07) is 18.0. The Morgan fingerprint density at radius 3 is 2.39 bits per heavy atom. The zero-order valence-corrected chi connectivity index (χ0v) is 17.7. The predicted octanol–water partition coefficient (Wildman–Crippen LogP) is 4.20. The number of anilines is 1. The van der Waals surface area contributed by atoms with E-state index in [1.807, 2.05) is 30.3 Å². The lowest BCUT2D eigenvalue weighted by atomic mass is 9.97. The average Bonchev–Trinajstić information content (AvgIpc) is 2.79. The fourth-order valence-electron chi connectivity index (χ4n) is 3.81. The predicted molar refractivity (Wildman–Crippen MR) is 119 cm³/mol. The highest BCUT2D eigenvalue weighted by Crippen LogP contribution is 2.24. The number of rotatable bonds is 5. The number of piperidine rings is 1. The normalized spacial score (nSPS) is 15.2. The van der Waals surface area contributed by atoms with Crippen LogP contribution in [0.1, 0.15) is 12.8 Å². The van der Waals surface area contributed by atoms with Crippen LogP contribution >= 0.6 is 0 Å². The maximum atomic E-state index is 13.0. The van der Waals surface area contributed by atoms with E-state index in [0.29, 0.717) is 43.5 Å². The molecule has 1 fully saturated rings. The summed E-state index contributed by atoms with van der Waals surface area (Å²) in [5.41, 5.74) is 0.538. The van der Waals surface area contributed by atoms with Crippen molar-refractivity contribution in [2.75, 3.05) is 25.0 Å². The third kappa shape index (κ3) is 5.03. The monoisotopic (exact) mass is 441 g/mol. The van der Waals surface area contributed by atoms with Gasteiger partial charge in [-0.15, -0.1) is 0 Å². The largest absolute Gasteiger partial charge is 0.325 e. The number of likely N-dealkylation sites (tertiary alicyclic amines) is 1. The van der Waals surface area contributed by atoms with Crippen molar-refractivity contribution in [3.63, 3.8) is 0 Å². The number of benzene rings is 3. The Hall–Kier alpha value is -2.97. The first-order chi connectivity index (χ1) is 14.9. The van der Waals surface area contributed by atoms with Crippen molar-refractivity contribution in [2.45, 2.75) is 17.7 Å². The van der Waals surface area contributed by atoms with Crippen LogP contribution in [0.25, 0.3) is 10.8 Å². The SMILES string of the molecule is O=C(Nc1ccc(F)cc1)N1CCC(CNS(=O)(=O)c2cccc3ccccc23)CC1. The van der Waals surface area contributed by atoms with Crippen molar-refractivity contribution in [1.29, 1.82) is 0 Å². The van der Waals surface area contributed by atoms with Crippen LogP contribution < -0.4 is 10.0 Å². The van der Waals surface area contributed by atoms with Gasteiger partial charge in [0.2, 0.25) is 10.0 Å². The Labute approximate surface area is 181 Å². The summed E-state index contributed by atoms with van der Waals surface area (Å²) >= 11 is 0. The Bertz CT molecular complexity index is 1170. The molecule has 3 aromatic carbocycles. The zero-order chi connectivity index (χ0) is 21.8. The molecule has 0 unspecified atom stereocenters. The average molecular weight is 442 g/mol. The number of fused-ring (bicyclic) bond motifs is 1. The Morgan fingerprint density at radius 2 is 1.65 bits per heavy atom. The highest BCUT2D eigenvalue weighted by Gasteiger charge is 2.25. The van der Waals surface area contributed by atoms with Gasteiger partial charge in [-0.2, -0.15) is 0 Å². The van der Waals surface area contributed by atoms with E-state index in [-0.39, 0.29) is 22.7 Å². The number of carbonyl (C=O) groups is 1. The van der Waals surface area contributed by atoms with E-state index in [2.05, 4.69) is 10.0 Å². The summed E-state index contributed by atoms with van der Waals surface area (Å²) < 4.78 is 41.5. The first-order valence-electron chi connectivity index (χ1n) is 10.2. The summed E-state index contributed by atoms with van der Waals surface area (Å²) in [5.74, 6) is -0.204. The van der Waals surface area contributed by atoms with E-state index in [9.17, 15) is 17.6 Å². The molecule has 4 rings (SSSR count). The molecule has 162 valence electrons. The van der Waals surface area contributed by atoms with E-state index in [1.165, 1.54) is 24.3 Å². The molecule has 0 radical (unpaired) electrons. The minimum Gasteiger partial charge on any atom is -0.325 e. The molecular weight excluding hydrogens is 417 g/mol. The third-order valence-electron chi connectivity index (χ3n) is 5.60. The molecule has 0 saturated carbocycles. The summed E-state index contributed by atoms with van der Waals surface area (Å²) in [7, 11) is -3.63. The minimum absolute atomic E-state index is 0.152. The zero-order valence-electron chi connectivity index (χ0n) is 16.9. The molecule has 8 heteroatoms. The number of hydrogen-bond donors (Lipinski definition) is 2. The Kier molecular flexibility index (Phi) is 6.20. The molecule has 6 nitrogen and oxygen atoms in total. The van der Waals surface area contributed by atoms with Gasteiger partial charge in [-0.3, -0.25) is 0 Å². The second-order valence-corrected chi connectivity index (χ2v) is 9.43. The molecule has 0 aliphatic carbocycles. The van der Waals surface area contributed by atoms with E-state index in [4.69, 9.17) is 0 Å². The molecule has 1 aliphatic heterocycles. The van der Waals surface area contributed by atoms with E-state index in [1.54, 1.807) is 17.0 Å². The molecule has 2 N–H and O–H groups in total. The van der Waals surface area contributed by atoms with Crippen molar-refractivity contribution in [1.82, 2.24) is 9.62 Å². The van der Waals surface area contributed by atoms with Crippen molar-refractivity contribution < 1.29 is 17.6 Å². The highest BCUT2D eigenvalue weighted by molar-refractivity contribution is 7.89. The summed E-state index contributed by atoms with van der Waals surface area (Å²) in [5, 5.41) is 4.34. The second kappa shape index (κ2) is 9.03. The van der Waals surface area contributed by atoms with Crippen LogP contribution in [0.2, 0.25) is 0 Å². The minimum atomic E-state index is -3.63. The van der Waals surface area contributed by atoms with Gasteiger partial charge in [0.1, 0.15) is 5.82 Å². The molecule has 2 amide bonds. The smallest absolute Gasteiger partial charge is 0.321 e. The van der Waals surface area contributed by atoms with Crippen LogP contribution in [0.4, 0.5) is 14.9 Å². The Balaban J connectivity index is 1.31. The maximum absolute atomic E-state index is 13.0. The van der Waals surface area contributed by atoms with Crippen LogP contribution in [-0.4, -0.2) is 39.0 Å². The van der Waals surface area contributed by atoms with Gasteiger partial charge in [-0.05, 0) is 54.5 Å². The fraction of sp³-hybridized carbons (Fsp3) is 0.261. The number of hydrogen-bond acceptors (Lipinski definition) is 3. The van der Waals surface area contributed by atoms with E-state index < -0.39 is 10.0 Å². The van der Waals surface area contributed by atoms with Gasteiger partial charge in [0.15, 0.2) is 0 Å². The Morgan fingerprint density at radius 1 is 0.968 bits per heavy atom. The van der Waals surface area contributed by atoms with Gasteiger partial charge in [-0.25, -0.2) is 22.3 Å². The fourth-order valence-corrected chi connectivity index (χ4v) is 5.16. The lowest BCUT2D eigenvalue weighted by Crippen LogP contribution is -2.43. The molecule has 0 atom stereocenters. The molecular formula is C23H24FN3O3S. The number of sulfonamides is 1. The first-order valence-corrected chi connectivity index (χ1v) is 11.7. The van der Waals surface area contributed by atoms with Crippen LogP contribution in [0.5, 0.6) is 0 Å². The molecule has 0 aromatic heterocycles. The summed E-state index contributed by atoms with van der Waals surface area (Å²) in [6.07, 6.45) is 1.41. The van der Waals surface area contributed by atoms with Crippen LogP contribution in [0.3, 0.4) is 0 Å². The van der Waals surface area contributed by atoms with E-state index in [0.717, 1.165) is 5.39 Å². The molecule has 31 heavy (non-hydrogen) atoms. The third-order valence-corrected chi connectivity index (χ3v) is 7.08. The molecule has 3 aromatic rings. The van der Waals surface area contributed by atoms with Crippen LogP contribution in [0.15, 0.2) is 71.6 Å². The number of urea groups is 1. The van der Waals surface area contributed by atoms with E-state index >= 15 is 0 Å². The molecule has 0 spiro atoms. The number of nitrogens with zero attached hydrogens (tertiary/aromatic N) is 1. The number of amides is 2. The molecule has 1 saturated heterocycles. The summed E-state index contributed by atoms with van der Waals surface area (Å²) in [6.45, 7) is 1.40. The van der Waals surface area contributed by atoms with Gasteiger partial charge >= 0.3 is 6.03 Å². The van der Waals surface area contributed by atoms with Crippen molar-refractivity contribution in [2.24, 2.45) is 5.92 Å². The first kappa shape index (κ1) is 21.3. The van der Waals surface area contributed by atoms with Gasteiger partial charge in [-0.1, -0.05) is 36.4 Å². The van der Waals surface area contributed by atoms with Crippen molar-refractivity contribution >= 4 is 32.5 Å². The second-order valence-electron chi connectivity index (χ2n) is 7.70. The van der Waals surface area contributed by atoms with Crippen LogP contribution in [0, 0.1) is 11.7 Å². The van der Waals surface area contributed by atoms with Crippen molar-refractivity contribution in [3.8, 4) is 0 Å². The lowest BCUT2D eigenvalue weighted by molar-refractivity contribution is 0.183. The standard InChI is InChI=1S/C23H24FN3O3S/c24-19-8-10-20(11-9-19)26-23(28)27-14-12-17(13-15-27)16-25-31(29,30)22-7-3-5-18-4-1-2-6-21(18)22/h1-11,17,25H,12-16H2,(H,26,28). The number of carbonyl (C=O) groups excluding carboxylic acids is 1. The molecule has 1 aliphatic rings.